The smallest absolute Gasteiger partial charge is 0.375 e. The van der Waals surface area contributed by atoms with Crippen molar-refractivity contribution < 1.29 is 28.5 Å². The third-order valence-corrected chi connectivity index (χ3v) is 2.79. The Kier molecular flexibility index (Phi) is 8.01. The molecular formula is C18H24N2O6. The maximum absolute atomic E-state index is 11.8. The zero-order valence-electron chi connectivity index (χ0n) is 15.8. The number of benzene rings is 1. The Bertz CT molecular complexity index is 639. The van der Waals surface area contributed by atoms with Crippen LogP contribution >= 0.6 is 0 Å². The molecule has 8 nitrogen and oxygen atoms in total. The van der Waals surface area contributed by atoms with Gasteiger partial charge in [0.2, 0.25) is 11.5 Å². The van der Waals surface area contributed by atoms with Gasteiger partial charge in [0, 0.05) is 46.7 Å². The zero-order chi connectivity index (χ0) is 19.7. The molecule has 1 rings (SSSR count). The van der Waals surface area contributed by atoms with Crippen molar-refractivity contribution in [1.82, 2.24) is 9.80 Å². The van der Waals surface area contributed by atoms with Gasteiger partial charge in [-0.15, -0.1) is 0 Å². The second-order valence-electron chi connectivity index (χ2n) is 5.58. The molecule has 0 spiro atoms. The Morgan fingerprint density at radius 2 is 1.19 bits per heavy atom. The van der Waals surface area contributed by atoms with E-state index in [1.807, 2.05) is 0 Å². The maximum atomic E-state index is 11.8. The molecular weight excluding hydrogens is 340 g/mol. The van der Waals surface area contributed by atoms with Crippen molar-refractivity contribution in [3.8, 4) is 11.5 Å². The van der Waals surface area contributed by atoms with Gasteiger partial charge in [-0.1, -0.05) is 6.07 Å². The van der Waals surface area contributed by atoms with E-state index in [2.05, 4.69) is 0 Å². The minimum Gasteiger partial charge on any atom is -0.463 e. The predicted molar refractivity (Wildman–Crippen MR) is 95.3 cm³/mol. The van der Waals surface area contributed by atoms with Gasteiger partial charge in [0.05, 0.1) is 14.2 Å². The van der Waals surface area contributed by atoms with Crippen LogP contribution in [0.2, 0.25) is 0 Å². The van der Waals surface area contributed by atoms with Gasteiger partial charge in [0.25, 0.3) is 0 Å². The first kappa shape index (κ1) is 20.9. The topological polar surface area (TPSA) is 77.5 Å². The van der Waals surface area contributed by atoms with E-state index in [1.165, 1.54) is 26.6 Å². The summed E-state index contributed by atoms with van der Waals surface area (Å²) in [6.07, 6.45) is 2.98. The fourth-order valence-electron chi connectivity index (χ4n) is 1.77. The first-order valence-electron chi connectivity index (χ1n) is 7.65. The highest BCUT2D eigenvalue weighted by Crippen LogP contribution is 2.23. The normalized spacial score (nSPS) is 11.5. The number of hydrogen-bond acceptors (Lipinski definition) is 8. The van der Waals surface area contributed by atoms with Crippen molar-refractivity contribution in [2.75, 3.05) is 42.4 Å². The molecule has 0 saturated carbocycles. The minimum absolute atomic E-state index is 0.00618. The molecule has 0 saturated heterocycles. The average Bonchev–Trinajstić information content (AvgIpc) is 2.58. The molecule has 0 N–H and O–H groups in total. The van der Waals surface area contributed by atoms with Crippen molar-refractivity contribution in [2.24, 2.45) is 0 Å². The fourth-order valence-corrected chi connectivity index (χ4v) is 1.77. The van der Waals surface area contributed by atoms with Crippen LogP contribution in [0.1, 0.15) is 0 Å². The first-order valence-corrected chi connectivity index (χ1v) is 7.65. The molecule has 0 radical (unpaired) electrons. The van der Waals surface area contributed by atoms with Crippen LogP contribution < -0.4 is 9.47 Å². The fraction of sp³-hybridized carbons (Fsp3) is 0.333. The van der Waals surface area contributed by atoms with E-state index < -0.39 is 11.9 Å². The van der Waals surface area contributed by atoms with Crippen LogP contribution in [0.4, 0.5) is 0 Å². The average molecular weight is 364 g/mol. The number of carbonyl (C=O) groups excluding carboxylic acids is 2. The number of carbonyl (C=O) groups is 2. The maximum Gasteiger partial charge on any atom is 0.375 e. The molecule has 1 aromatic carbocycles. The number of hydrogen-bond donors (Lipinski definition) is 0. The second kappa shape index (κ2) is 9.97. The zero-order valence-corrected chi connectivity index (χ0v) is 15.8. The molecule has 0 heterocycles. The molecule has 0 aliphatic carbocycles. The molecule has 26 heavy (non-hydrogen) atoms. The predicted octanol–water partition coefficient (Wildman–Crippen LogP) is 1.60. The van der Waals surface area contributed by atoms with Crippen LogP contribution in [0.3, 0.4) is 0 Å². The summed E-state index contributed by atoms with van der Waals surface area (Å²) in [4.78, 5) is 26.9. The summed E-state index contributed by atoms with van der Waals surface area (Å²) in [7, 11) is 9.54. The highest BCUT2D eigenvalue weighted by Gasteiger charge is 2.16. The van der Waals surface area contributed by atoms with Gasteiger partial charge in [-0.25, -0.2) is 9.59 Å². The molecule has 142 valence electrons. The van der Waals surface area contributed by atoms with E-state index >= 15 is 0 Å². The molecule has 1 aromatic rings. The minimum atomic E-state index is -0.618. The Morgan fingerprint density at radius 1 is 0.808 bits per heavy atom. The second-order valence-corrected chi connectivity index (χ2v) is 5.58. The van der Waals surface area contributed by atoms with Crippen LogP contribution in [0.5, 0.6) is 11.5 Å². The van der Waals surface area contributed by atoms with Gasteiger partial charge in [-0.05, 0) is 12.1 Å². The number of rotatable bonds is 8. The monoisotopic (exact) mass is 364 g/mol. The van der Waals surface area contributed by atoms with Crippen LogP contribution in [-0.4, -0.2) is 64.1 Å². The van der Waals surface area contributed by atoms with Crippen molar-refractivity contribution in [3.05, 3.63) is 48.2 Å². The van der Waals surface area contributed by atoms with Crippen molar-refractivity contribution >= 4 is 11.9 Å². The summed E-state index contributed by atoms with van der Waals surface area (Å²) in [5, 5.41) is 0. The summed E-state index contributed by atoms with van der Waals surface area (Å²) in [5.41, 5.74) is 0. The first-order chi connectivity index (χ1) is 12.3. The quantitative estimate of drug-likeness (QED) is 0.391. The summed E-state index contributed by atoms with van der Waals surface area (Å²) in [6, 6.07) is 6.50. The highest BCUT2D eigenvalue weighted by molar-refractivity contribution is 5.87. The van der Waals surface area contributed by atoms with Gasteiger partial charge < -0.3 is 28.7 Å². The summed E-state index contributed by atoms with van der Waals surface area (Å²) in [6.45, 7) is 0. The van der Waals surface area contributed by atoms with E-state index in [4.69, 9.17) is 18.9 Å². The molecule has 0 aromatic heterocycles. The van der Waals surface area contributed by atoms with Crippen LogP contribution in [0.25, 0.3) is 0 Å². The molecule has 0 aliphatic heterocycles. The van der Waals surface area contributed by atoms with Crippen molar-refractivity contribution in [1.29, 1.82) is 0 Å². The van der Waals surface area contributed by atoms with Gasteiger partial charge in [0.15, 0.2) is 0 Å². The molecule has 0 atom stereocenters. The summed E-state index contributed by atoms with van der Waals surface area (Å²) in [5.74, 6) is -0.538. The standard InChI is InChI=1S/C18H24N2O6/c1-19(2)11-15(17(21)23-5)25-13-8-7-9-14(10-13)26-16(12-20(3)4)18(22)24-6/h7-12H,1-6H3/b15-11-,16-12-. The molecule has 0 fully saturated rings. The summed E-state index contributed by atoms with van der Waals surface area (Å²) < 4.78 is 20.6. The van der Waals surface area contributed by atoms with Crippen molar-refractivity contribution in [2.45, 2.75) is 0 Å². The summed E-state index contributed by atoms with van der Waals surface area (Å²) >= 11 is 0. The number of esters is 2. The van der Waals surface area contributed by atoms with E-state index in [0.717, 1.165) is 0 Å². The van der Waals surface area contributed by atoms with Crippen molar-refractivity contribution in [3.63, 3.8) is 0 Å². The third kappa shape index (κ3) is 6.76. The van der Waals surface area contributed by atoms with Crippen LogP contribution in [-0.2, 0) is 19.1 Å². The Labute approximate surface area is 153 Å². The van der Waals surface area contributed by atoms with E-state index in [9.17, 15) is 9.59 Å². The highest BCUT2D eigenvalue weighted by atomic mass is 16.6. The van der Waals surface area contributed by atoms with E-state index in [-0.39, 0.29) is 11.5 Å². The lowest BCUT2D eigenvalue weighted by molar-refractivity contribution is -0.139. The van der Waals surface area contributed by atoms with Gasteiger partial charge >= 0.3 is 11.9 Å². The lowest BCUT2D eigenvalue weighted by atomic mass is 10.3. The largest absolute Gasteiger partial charge is 0.463 e. The molecule has 0 amide bonds. The number of nitrogens with zero attached hydrogens (tertiary/aromatic N) is 2. The number of methoxy groups -OCH3 is 2. The van der Waals surface area contributed by atoms with Crippen LogP contribution in [0.15, 0.2) is 48.2 Å². The van der Waals surface area contributed by atoms with Gasteiger partial charge in [0.1, 0.15) is 11.5 Å². The molecule has 8 heteroatoms. The molecule has 0 aliphatic rings. The lowest BCUT2D eigenvalue weighted by Gasteiger charge is -2.14. The van der Waals surface area contributed by atoms with E-state index in [1.54, 1.807) is 62.3 Å². The molecule has 0 bridgehead atoms. The Balaban J connectivity index is 3.06. The number of ether oxygens (including phenoxy) is 4. The van der Waals surface area contributed by atoms with Gasteiger partial charge in [-0.3, -0.25) is 0 Å². The van der Waals surface area contributed by atoms with Gasteiger partial charge in [-0.2, -0.15) is 0 Å². The SMILES string of the molecule is COC(=O)/C(=C/N(C)C)Oc1cccc(O/C(=C\N(C)C)C(=O)OC)c1. The third-order valence-electron chi connectivity index (χ3n) is 2.79. The Hall–Kier alpha value is -3.16. The Morgan fingerprint density at radius 3 is 1.50 bits per heavy atom. The van der Waals surface area contributed by atoms with E-state index in [0.29, 0.717) is 11.5 Å². The lowest BCUT2D eigenvalue weighted by Crippen LogP contribution is -2.16. The molecule has 0 unspecified atom stereocenters. The van der Waals surface area contributed by atoms with Crippen LogP contribution in [0, 0.1) is 0 Å².